The lowest BCUT2D eigenvalue weighted by Crippen LogP contribution is -2.49. The number of rotatable bonds is 6. The van der Waals surface area contributed by atoms with Gasteiger partial charge in [-0.15, -0.1) is 0 Å². The number of fused-ring (bicyclic) bond motifs is 3. The predicted octanol–water partition coefficient (Wildman–Crippen LogP) is 7.00. The first-order valence-electron chi connectivity index (χ1n) is 11.8. The van der Waals surface area contributed by atoms with E-state index in [9.17, 15) is 4.79 Å². The molecular weight excluding hydrogens is 499 g/mol. The van der Waals surface area contributed by atoms with Crippen molar-refractivity contribution in [1.82, 2.24) is 5.28 Å². The monoisotopic (exact) mass is 524 g/mol. The smallest absolute Gasteiger partial charge is 0.277 e. The van der Waals surface area contributed by atoms with E-state index in [2.05, 4.69) is 12.1 Å². The molecular formula is C27H26Cl2N4O3. The Morgan fingerprint density at radius 3 is 2.22 bits per heavy atom. The van der Waals surface area contributed by atoms with Crippen LogP contribution in [-0.2, 0) is 4.94 Å². The molecule has 0 fully saturated rings. The van der Waals surface area contributed by atoms with Gasteiger partial charge in [0.25, 0.3) is 5.91 Å². The molecule has 3 aromatic carbocycles. The van der Waals surface area contributed by atoms with Gasteiger partial charge in [0.1, 0.15) is 5.75 Å². The third-order valence-corrected chi connectivity index (χ3v) is 7.57. The Balaban J connectivity index is 1.50. The quantitative estimate of drug-likeness (QED) is 0.324. The van der Waals surface area contributed by atoms with E-state index in [1.807, 2.05) is 45.0 Å². The van der Waals surface area contributed by atoms with Gasteiger partial charge in [-0.1, -0.05) is 48.7 Å². The zero-order valence-electron chi connectivity index (χ0n) is 20.5. The number of hydrogen-bond donors (Lipinski definition) is 0. The molecule has 0 N–H and O–H groups in total. The van der Waals surface area contributed by atoms with Crippen molar-refractivity contribution in [3.63, 3.8) is 0 Å². The molecule has 0 spiro atoms. The number of hydrogen-bond acceptors (Lipinski definition) is 6. The Bertz CT molecular complexity index is 1350. The number of carbonyl (C=O) groups excluding carboxylic acids is 1. The minimum Gasteiger partial charge on any atom is -0.494 e. The molecule has 0 aliphatic carbocycles. The summed E-state index contributed by atoms with van der Waals surface area (Å²) in [5, 5.41) is 10.1. The SMILES string of the molecule is CCCCOc1ccc(C(=O)N2c3ccccc3N3C(c4c(C)c(Cl)c(C)c(Cl)c4C)=NON23)cc1. The number of anilines is 2. The van der Waals surface area contributed by atoms with Crippen molar-refractivity contribution < 1.29 is 14.5 Å². The van der Waals surface area contributed by atoms with Crippen molar-refractivity contribution >= 4 is 46.3 Å². The number of nitrogens with zero attached hydrogens (tertiary/aromatic N) is 4. The highest BCUT2D eigenvalue weighted by molar-refractivity contribution is 6.38. The van der Waals surface area contributed by atoms with Crippen LogP contribution in [0.4, 0.5) is 11.4 Å². The van der Waals surface area contributed by atoms with Gasteiger partial charge in [-0.05, 0) is 85.4 Å². The van der Waals surface area contributed by atoms with Gasteiger partial charge in [-0.3, -0.25) is 9.73 Å². The van der Waals surface area contributed by atoms with Crippen LogP contribution in [0.5, 0.6) is 5.75 Å². The molecule has 7 nitrogen and oxygen atoms in total. The molecule has 186 valence electrons. The molecule has 0 aromatic heterocycles. The molecule has 36 heavy (non-hydrogen) atoms. The molecule has 0 unspecified atom stereocenters. The molecule has 0 saturated heterocycles. The number of benzene rings is 3. The Morgan fingerprint density at radius 1 is 0.944 bits per heavy atom. The van der Waals surface area contributed by atoms with Crippen LogP contribution in [0.25, 0.3) is 0 Å². The normalized spacial score (nSPS) is 14.4. The van der Waals surface area contributed by atoms with Crippen molar-refractivity contribution in [3.8, 4) is 5.75 Å². The van der Waals surface area contributed by atoms with Crippen LogP contribution >= 0.6 is 23.2 Å². The van der Waals surface area contributed by atoms with E-state index in [1.54, 1.807) is 29.3 Å². The largest absolute Gasteiger partial charge is 0.494 e. The fourth-order valence-electron chi connectivity index (χ4n) is 4.46. The van der Waals surface area contributed by atoms with E-state index in [0.29, 0.717) is 33.7 Å². The second-order valence-corrected chi connectivity index (χ2v) is 9.53. The minimum atomic E-state index is -0.269. The molecule has 9 heteroatoms. The second kappa shape index (κ2) is 9.65. The van der Waals surface area contributed by atoms with Gasteiger partial charge in [-0.2, -0.15) is 10.0 Å². The number of unbranched alkanes of at least 4 members (excludes halogenated alkanes) is 1. The Kier molecular flexibility index (Phi) is 6.55. The number of amidine groups is 1. The molecule has 1 amide bonds. The van der Waals surface area contributed by atoms with Crippen molar-refractivity contribution in [2.75, 3.05) is 16.6 Å². The first-order chi connectivity index (χ1) is 17.3. The number of para-hydroxylation sites is 2. The summed E-state index contributed by atoms with van der Waals surface area (Å²) < 4.78 is 5.74. The fourth-order valence-corrected chi connectivity index (χ4v) is 4.89. The number of ether oxygens (including phenoxy) is 1. The lowest BCUT2D eigenvalue weighted by Gasteiger charge is -2.25. The van der Waals surface area contributed by atoms with E-state index in [0.717, 1.165) is 46.5 Å². The van der Waals surface area contributed by atoms with Crippen LogP contribution < -0.4 is 14.8 Å². The van der Waals surface area contributed by atoms with Gasteiger partial charge in [0.2, 0.25) is 5.84 Å². The number of carbonyl (C=O) groups is 1. The maximum absolute atomic E-state index is 13.7. The van der Waals surface area contributed by atoms with Gasteiger partial charge in [-0.25, -0.2) is 0 Å². The highest BCUT2D eigenvalue weighted by Gasteiger charge is 2.47. The molecule has 2 aliphatic heterocycles. The van der Waals surface area contributed by atoms with Gasteiger partial charge in [0, 0.05) is 21.2 Å². The summed E-state index contributed by atoms with van der Waals surface area (Å²) in [7, 11) is 0. The standard InChI is InChI=1S/C27H26Cl2N4O3/c1-5-6-15-35-20-13-11-19(12-14-20)27(34)32-22-10-8-7-9-21(22)31-26(30-36-33(31)32)23-16(2)24(28)18(4)25(29)17(23)3/h7-14H,5-6,15H2,1-4H3. The van der Waals surface area contributed by atoms with Crippen molar-refractivity contribution in [2.24, 2.45) is 5.16 Å². The number of halogens is 2. The van der Waals surface area contributed by atoms with E-state index in [4.69, 9.17) is 32.9 Å². The highest BCUT2D eigenvalue weighted by atomic mass is 35.5. The first-order valence-corrected chi connectivity index (χ1v) is 12.6. The summed E-state index contributed by atoms with van der Waals surface area (Å²) in [6, 6.07) is 14.7. The lowest BCUT2D eigenvalue weighted by atomic mass is 9.98. The van der Waals surface area contributed by atoms with Crippen molar-refractivity contribution in [1.29, 1.82) is 0 Å². The van der Waals surface area contributed by atoms with Crippen molar-refractivity contribution in [2.45, 2.75) is 40.5 Å². The van der Waals surface area contributed by atoms with Crippen LogP contribution in [0.2, 0.25) is 10.0 Å². The van der Waals surface area contributed by atoms with Crippen LogP contribution in [0.3, 0.4) is 0 Å². The average molecular weight is 525 g/mol. The highest BCUT2D eigenvalue weighted by Crippen LogP contribution is 2.45. The predicted molar refractivity (Wildman–Crippen MR) is 143 cm³/mol. The summed E-state index contributed by atoms with van der Waals surface area (Å²) in [6.07, 6.45) is 2.04. The number of hydrazine groups is 2. The number of amides is 1. The van der Waals surface area contributed by atoms with Gasteiger partial charge in [0.15, 0.2) is 0 Å². The molecule has 0 radical (unpaired) electrons. The van der Waals surface area contributed by atoms with E-state index < -0.39 is 0 Å². The molecule has 0 saturated carbocycles. The molecule has 3 aromatic rings. The first kappa shape index (κ1) is 24.4. The summed E-state index contributed by atoms with van der Waals surface area (Å²) in [6.45, 7) is 8.50. The van der Waals surface area contributed by atoms with Crippen LogP contribution in [-0.4, -0.2) is 23.6 Å². The van der Waals surface area contributed by atoms with Gasteiger partial charge < -0.3 is 4.74 Å². The minimum absolute atomic E-state index is 0.269. The molecule has 0 atom stereocenters. The Labute approximate surface area is 220 Å². The van der Waals surface area contributed by atoms with Crippen LogP contribution in [0.15, 0.2) is 53.7 Å². The molecule has 0 bridgehead atoms. The fraction of sp³-hybridized carbons (Fsp3) is 0.259. The molecule has 2 aliphatic rings. The lowest BCUT2D eigenvalue weighted by molar-refractivity contribution is -0.135. The summed E-state index contributed by atoms with van der Waals surface area (Å²) >= 11 is 13.2. The van der Waals surface area contributed by atoms with Crippen LogP contribution in [0, 0.1) is 20.8 Å². The molecule has 5 rings (SSSR count). The molecule has 2 heterocycles. The Morgan fingerprint density at radius 2 is 1.58 bits per heavy atom. The van der Waals surface area contributed by atoms with Crippen molar-refractivity contribution in [3.05, 3.63) is 86.4 Å². The zero-order chi connectivity index (χ0) is 25.6. The maximum Gasteiger partial charge on any atom is 0.277 e. The van der Waals surface area contributed by atoms with Gasteiger partial charge >= 0.3 is 0 Å². The van der Waals surface area contributed by atoms with Crippen LogP contribution in [0.1, 0.15) is 52.4 Å². The van der Waals surface area contributed by atoms with E-state index >= 15 is 0 Å². The Hall–Kier alpha value is -3.26. The topological polar surface area (TPSA) is 57.6 Å². The summed E-state index contributed by atoms with van der Waals surface area (Å²) in [5.74, 6) is 0.955. The third kappa shape index (κ3) is 3.88. The maximum atomic E-state index is 13.7. The van der Waals surface area contributed by atoms with E-state index in [-0.39, 0.29) is 5.91 Å². The van der Waals surface area contributed by atoms with E-state index in [1.165, 1.54) is 10.3 Å². The third-order valence-electron chi connectivity index (χ3n) is 6.43. The second-order valence-electron chi connectivity index (χ2n) is 8.77. The number of oxime groups is 1. The van der Waals surface area contributed by atoms with Gasteiger partial charge in [0.05, 0.1) is 23.3 Å². The summed E-state index contributed by atoms with van der Waals surface area (Å²) in [5.41, 5.74) is 5.14. The zero-order valence-corrected chi connectivity index (χ0v) is 22.0. The average Bonchev–Trinajstić information content (AvgIpc) is 3.45. The summed E-state index contributed by atoms with van der Waals surface area (Å²) in [4.78, 5) is 19.4.